The average molecular weight is 247 g/mol. The molecule has 0 spiro atoms. The molecule has 2 N–H and O–H groups in total. The molecule has 3 heteroatoms. The van der Waals surface area contributed by atoms with Gasteiger partial charge in [0.25, 0.3) is 0 Å². The summed E-state index contributed by atoms with van der Waals surface area (Å²) >= 11 is 0. The van der Waals surface area contributed by atoms with Gasteiger partial charge in [-0.1, -0.05) is 13.0 Å². The molecule has 0 bridgehead atoms. The Hall–Kier alpha value is -0.930. The SMILES string of the molecule is CCN(Cc1cccc(C)n1)CC1(CCN)CC1. The van der Waals surface area contributed by atoms with Crippen molar-refractivity contribution >= 4 is 0 Å². The van der Waals surface area contributed by atoms with Gasteiger partial charge in [-0.2, -0.15) is 0 Å². The quantitative estimate of drug-likeness (QED) is 0.804. The van der Waals surface area contributed by atoms with Gasteiger partial charge >= 0.3 is 0 Å². The van der Waals surface area contributed by atoms with Gasteiger partial charge in [-0.25, -0.2) is 0 Å². The Kier molecular flexibility index (Phi) is 4.36. The van der Waals surface area contributed by atoms with Crippen LogP contribution in [-0.2, 0) is 6.54 Å². The van der Waals surface area contributed by atoms with Crippen molar-refractivity contribution in [3.05, 3.63) is 29.6 Å². The monoisotopic (exact) mass is 247 g/mol. The van der Waals surface area contributed by atoms with Crippen LogP contribution in [0.15, 0.2) is 18.2 Å². The summed E-state index contributed by atoms with van der Waals surface area (Å²) in [6.07, 6.45) is 3.87. The molecular formula is C15H25N3. The number of hydrogen-bond acceptors (Lipinski definition) is 3. The molecule has 0 atom stereocenters. The Morgan fingerprint density at radius 2 is 2.17 bits per heavy atom. The van der Waals surface area contributed by atoms with Crippen LogP contribution in [0.25, 0.3) is 0 Å². The maximum absolute atomic E-state index is 5.71. The van der Waals surface area contributed by atoms with E-state index in [0.29, 0.717) is 5.41 Å². The number of aromatic nitrogens is 1. The number of nitrogens with zero attached hydrogens (tertiary/aromatic N) is 2. The van der Waals surface area contributed by atoms with Gasteiger partial charge in [-0.05, 0) is 56.8 Å². The van der Waals surface area contributed by atoms with E-state index in [1.54, 1.807) is 0 Å². The summed E-state index contributed by atoms with van der Waals surface area (Å²) in [6.45, 7) is 8.33. The van der Waals surface area contributed by atoms with E-state index >= 15 is 0 Å². The lowest BCUT2D eigenvalue weighted by Gasteiger charge is -2.25. The second-order valence-corrected chi connectivity index (χ2v) is 5.61. The fourth-order valence-corrected chi connectivity index (χ4v) is 2.64. The molecule has 1 aromatic rings. The van der Waals surface area contributed by atoms with E-state index in [9.17, 15) is 0 Å². The predicted octanol–water partition coefficient (Wildman–Crippen LogP) is 2.34. The maximum atomic E-state index is 5.71. The minimum Gasteiger partial charge on any atom is -0.330 e. The van der Waals surface area contributed by atoms with E-state index in [-0.39, 0.29) is 0 Å². The third-order valence-electron chi connectivity index (χ3n) is 3.97. The van der Waals surface area contributed by atoms with E-state index in [4.69, 9.17) is 5.73 Å². The zero-order chi connectivity index (χ0) is 13.0. The molecular weight excluding hydrogens is 222 g/mol. The summed E-state index contributed by atoms with van der Waals surface area (Å²) in [5.74, 6) is 0. The lowest BCUT2D eigenvalue weighted by atomic mass is 10.0. The first kappa shape index (κ1) is 13.5. The highest BCUT2D eigenvalue weighted by Crippen LogP contribution is 2.49. The molecule has 0 aliphatic heterocycles. The van der Waals surface area contributed by atoms with E-state index < -0.39 is 0 Å². The Morgan fingerprint density at radius 1 is 1.39 bits per heavy atom. The minimum atomic E-state index is 0.522. The van der Waals surface area contributed by atoms with E-state index in [1.165, 1.54) is 31.5 Å². The molecule has 1 heterocycles. The topological polar surface area (TPSA) is 42.2 Å². The number of aryl methyl sites for hydroxylation is 1. The van der Waals surface area contributed by atoms with Gasteiger partial charge < -0.3 is 5.73 Å². The molecule has 3 nitrogen and oxygen atoms in total. The first-order valence-corrected chi connectivity index (χ1v) is 7.02. The molecule has 1 saturated carbocycles. The van der Waals surface area contributed by atoms with Crippen LogP contribution in [0.3, 0.4) is 0 Å². The number of hydrogen-bond donors (Lipinski definition) is 1. The average Bonchev–Trinajstić information content (AvgIpc) is 3.09. The lowest BCUT2D eigenvalue weighted by molar-refractivity contribution is 0.213. The van der Waals surface area contributed by atoms with Gasteiger partial charge in [-0.15, -0.1) is 0 Å². The fraction of sp³-hybridized carbons (Fsp3) is 0.667. The van der Waals surface area contributed by atoms with Crippen LogP contribution >= 0.6 is 0 Å². The van der Waals surface area contributed by atoms with Gasteiger partial charge in [-0.3, -0.25) is 9.88 Å². The van der Waals surface area contributed by atoms with Crippen LogP contribution < -0.4 is 5.73 Å². The number of rotatable bonds is 7. The highest BCUT2D eigenvalue weighted by molar-refractivity contribution is 5.10. The minimum absolute atomic E-state index is 0.522. The first-order valence-electron chi connectivity index (χ1n) is 7.02. The van der Waals surface area contributed by atoms with Crippen LogP contribution in [0, 0.1) is 12.3 Å². The molecule has 1 aliphatic rings. The Labute approximate surface area is 110 Å². The van der Waals surface area contributed by atoms with Crippen LogP contribution in [0.5, 0.6) is 0 Å². The van der Waals surface area contributed by atoms with Gasteiger partial charge in [0.1, 0.15) is 0 Å². The molecule has 0 radical (unpaired) electrons. The highest BCUT2D eigenvalue weighted by Gasteiger charge is 2.42. The van der Waals surface area contributed by atoms with Crippen molar-refractivity contribution in [2.45, 2.75) is 39.7 Å². The standard InChI is InChI=1S/C15H25N3/c1-3-18(12-15(7-8-15)9-10-16)11-14-6-4-5-13(2)17-14/h4-6H,3,7-12,16H2,1-2H3. The molecule has 1 aromatic heterocycles. The van der Waals surface area contributed by atoms with E-state index in [2.05, 4.69) is 41.9 Å². The molecule has 0 amide bonds. The van der Waals surface area contributed by atoms with E-state index in [1.807, 2.05) is 0 Å². The molecule has 100 valence electrons. The first-order chi connectivity index (χ1) is 8.67. The highest BCUT2D eigenvalue weighted by atomic mass is 15.1. The van der Waals surface area contributed by atoms with Crippen LogP contribution in [0.4, 0.5) is 0 Å². The summed E-state index contributed by atoms with van der Waals surface area (Å²) < 4.78 is 0. The van der Waals surface area contributed by atoms with E-state index in [0.717, 1.165) is 25.3 Å². The summed E-state index contributed by atoms with van der Waals surface area (Å²) in [5.41, 5.74) is 8.52. The zero-order valence-electron chi connectivity index (χ0n) is 11.7. The van der Waals surface area contributed by atoms with Crippen molar-refractivity contribution in [1.82, 2.24) is 9.88 Å². The van der Waals surface area contributed by atoms with Crippen LogP contribution in [0.2, 0.25) is 0 Å². The van der Waals surface area contributed by atoms with Gasteiger partial charge in [0.2, 0.25) is 0 Å². The Balaban J connectivity index is 1.93. The van der Waals surface area contributed by atoms with Gasteiger partial charge in [0.05, 0.1) is 5.69 Å². The molecule has 0 saturated heterocycles. The van der Waals surface area contributed by atoms with Crippen molar-refractivity contribution in [2.24, 2.45) is 11.1 Å². The third kappa shape index (κ3) is 3.53. The summed E-state index contributed by atoms with van der Waals surface area (Å²) in [6, 6.07) is 6.27. The predicted molar refractivity (Wildman–Crippen MR) is 75.3 cm³/mol. The lowest BCUT2D eigenvalue weighted by Crippen LogP contribution is -2.31. The zero-order valence-corrected chi connectivity index (χ0v) is 11.7. The van der Waals surface area contributed by atoms with Gasteiger partial charge in [0.15, 0.2) is 0 Å². The molecule has 1 fully saturated rings. The summed E-state index contributed by atoms with van der Waals surface area (Å²) in [7, 11) is 0. The largest absolute Gasteiger partial charge is 0.330 e. The Bertz CT molecular complexity index is 385. The number of nitrogens with two attached hydrogens (primary N) is 1. The second kappa shape index (κ2) is 5.81. The maximum Gasteiger partial charge on any atom is 0.0547 e. The fourth-order valence-electron chi connectivity index (χ4n) is 2.64. The second-order valence-electron chi connectivity index (χ2n) is 5.61. The number of pyridine rings is 1. The molecule has 0 unspecified atom stereocenters. The Morgan fingerprint density at radius 3 is 2.72 bits per heavy atom. The summed E-state index contributed by atoms with van der Waals surface area (Å²) in [4.78, 5) is 7.10. The van der Waals surface area contributed by atoms with Gasteiger partial charge in [0, 0.05) is 18.8 Å². The molecule has 1 aliphatic carbocycles. The van der Waals surface area contributed by atoms with Crippen LogP contribution in [-0.4, -0.2) is 29.5 Å². The molecule has 2 rings (SSSR count). The van der Waals surface area contributed by atoms with Crippen molar-refractivity contribution in [3.63, 3.8) is 0 Å². The van der Waals surface area contributed by atoms with Crippen molar-refractivity contribution in [1.29, 1.82) is 0 Å². The van der Waals surface area contributed by atoms with Crippen molar-refractivity contribution in [2.75, 3.05) is 19.6 Å². The van der Waals surface area contributed by atoms with Crippen molar-refractivity contribution in [3.8, 4) is 0 Å². The normalized spacial score (nSPS) is 17.1. The van der Waals surface area contributed by atoms with Crippen molar-refractivity contribution < 1.29 is 0 Å². The molecule has 0 aromatic carbocycles. The van der Waals surface area contributed by atoms with Crippen LogP contribution in [0.1, 0.15) is 37.6 Å². The third-order valence-corrected chi connectivity index (χ3v) is 3.97. The summed E-state index contributed by atoms with van der Waals surface area (Å²) in [5, 5.41) is 0. The molecule has 18 heavy (non-hydrogen) atoms. The smallest absolute Gasteiger partial charge is 0.0547 e.